The SMILES string of the molecule is O=C(O)CC(c1cc(N2CCOCC2)ccc1O)C1CC1. The molecule has 1 aromatic rings. The van der Waals surface area contributed by atoms with Crippen LogP contribution in [0.5, 0.6) is 5.75 Å². The number of morpholine rings is 1. The molecule has 0 spiro atoms. The van der Waals surface area contributed by atoms with Gasteiger partial charge in [-0.3, -0.25) is 4.79 Å². The molecular weight excluding hydrogens is 270 g/mol. The van der Waals surface area contributed by atoms with Crippen molar-refractivity contribution in [2.24, 2.45) is 5.92 Å². The minimum Gasteiger partial charge on any atom is -0.508 e. The van der Waals surface area contributed by atoms with Crippen molar-refractivity contribution in [2.75, 3.05) is 31.2 Å². The first-order valence-electron chi connectivity index (χ1n) is 7.52. The fraction of sp³-hybridized carbons (Fsp3) is 0.562. The maximum absolute atomic E-state index is 11.1. The van der Waals surface area contributed by atoms with Crippen LogP contribution in [0.2, 0.25) is 0 Å². The second-order valence-corrected chi connectivity index (χ2v) is 5.88. The van der Waals surface area contributed by atoms with Crippen LogP contribution in [0.3, 0.4) is 0 Å². The van der Waals surface area contributed by atoms with Gasteiger partial charge in [0.15, 0.2) is 0 Å². The molecule has 0 radical (unpaired) electrons. The maximum atomic E-state index is 11.1. The Morgan fingerprint density at radius 1 is 1.33 bits per heavy atom. The molecule has 2 fully saturated rings. The van der Waals surface area contributed by atoms with Crippen molar-refractivity contribution in [1.82, 2.24) is 0 Å². The third-order valence-electron chi connectivity index (χ3n) is 4.37. The summed E-state index contributed by atoms with van der Waals surface area (Å²) in [5.74, 6) is -0.274. The Balaban J connectivity index is 1.86. The van der Waals surface area contributed by atoms with Gasteiger partial charge in [-0.1, -0.05) is 0 Å². The molecule has 114 valence electrons. The summed E-state index contributed by atoms with van der Waals surface area (Å²) in [4.78, 5) is 13.3. The molecule has 1 aliphatic carbocycles. The van der Waals surface area contributed by atoms with E-state index in [-0.39, 0.29) is 18.1 Å². The van der Waals surface area contributed by atoms with Gasteiger partial charge in [0, 0.05) is 24.7 Å². The number of aliphatic carboxylic acids is 1. The van der Waals surface area contributed by atoms with Gasteiger partial charge in [0.05, 0.1) is 19.6 Å². The Kier molecular flexibility index (Phi) is 4.01. The summed E-state index contributed by atoms with van der Waals surface area (Å²) in [6, 6.07) is 5.55. The van der Waals surface area contributed by atoms with Crippen LogP contribution in [0.1, 0.15) is 30.7 Å². The van der Waals surface area contributed by atoms with Gasteiger partial charge in [-0.15, -0.1) is 0 Å². The topological polar surface area (TPSA) is 70.0 Å². The molecule has 1 atom stereocenters. The predicted octanol–water partition coefficient (Wildman–Crippen LogP) is 2.20. The minimum absolute atomic E-state index is 0.0801. The Labute approximate surface area is 124 Å². The molecule has 5 nitrogen and oxygen atoms in total. The molecule has 2 aliphatic rings. The first kappa shape index (κ1) is 14.2. The first-order valence-corrected chi connectivity index (χ1v) is 7.52. The lowest BCUT2D eigenvalue weighted by Gasteiger charge is -2.30. The average molecular weight is 291 g/mol. The number of carboxylic acid groups (broad SMARTS) is 1. The van der Waals surface area contributed by atoms with Crippen molar-refractivity contribution in [3.8, 4) is 5.75 Å². The average Bonchev–Trinajstić information content (AvgIpc) is 3.31. The van der Waals surface area contributed by atoms with E-state index in [9.17, 15) is 9.90 Å². The van der Waals surface area contributed by atoms with E-state index in [0.717, 1.165) is 37.2 Å². The van der Waals surface area contributed by atoms with Gasteiger partial charge < -0.3 is 19.8 Å². The number of hydrogen-bond donors (Lipinski definition) is 2. The summed E-state index contributed by atoms with van der Waals surface area (Å²) >= 11 is 0. The third-order valence-corrected chi connectivity index (χ3v) is 4.37. The van der Waals surface area contributed by atoms with E-state index in [1.165, 1.54) is 0 Å². The first-order chi connectivity index (χ1) is 10.1. The number of benzene rings is 1. The van der Waals surface area contributed by atoms with E-state index in [1.54, 1.807) is 6.07 Å². The highest BCUT2D eigenvalue weighted by Gasteiger charge is 2.35. The quantitative estimate of drug-likeness (QED) is 0.870. The standard InChI is InChI=1S/C16H21NO4/c18-15-4-3-12(17-5-7-21-8-6-17)9-14(15)13(10-16(19)20)11-1-2-11/h3-4,9,11,13,18H,1-2,5-8,10H2,(H,19,20). The number of phenols is 1. The van der Waals surface area contributed by atoms with Crippen LogP contribution in [0.25, 0.3) is 0 Å². The zero-order chi connectivity index (χ0) is 14.8. The number of carbonyl (C=O) groups is 1. The predicted molar refractivity (Wildman–Crippen MR) is 78.9 cm³/mol. The molecule has 0 bridgehead atoms. The highest BCUT2D eigenvalue weighted by Crippen LogP contribution is 2.47. The molecule has 1 saturated heterocycles. The molecule has 0 aromatic heterocycles. The second-order valence-electron chi connectivity index (χ2n) is 5.88. The molecule has 1 aromatic carbocycles. The highest BCUT2D eigenvalue weighted by atomic mass is 16.5. The molecule has 21 heavy (non-hydrogen) atoms. The molecule has 1 saturated carbocycles. The highest BCUT2D eigenvalue weighted by molar-refractivity contribution is 5.69. The Morgan fingerprint density at radius 3 is 2.67 bits per heavy atom. The van der Waals surface area contributed by atoms with Gasteiger partial charge in [-0.2, -0.15) is 0 Å². The summed E-state index contributed by atoms with van der Waals surface area (Å²) < 4.78 is 5.35. The van der Waals surface area contributed by atoms with Gasteiger partial charge in [0.2, 0.25) is 0 Å². The fourth-order valence-electron chi connectivity index (χ4n) is 3.07. The van der Waals surface area contributed by atoms with E-state index >= 15 is 0 Å². The molecule has 0 amide bonds. The number of aromatic hydroxyl groups is 1. The van der Waals surface area contributed by atoms with Gasteiger partial charge in [0.25, 0.3) is 0 Å². The van der Waals surface area contributed by atoms with Gasteiger partial charge >= 0.3 is 5.97 Å². The third kappa shape index (κ3) is 3.29. The van der Waals surface area contributed by atoms with E-state index in [2.05, 4.69) is 4.90 Å². The number of ether oxygens (including phenoxy) is 1. The van der Waals surface area contributed by atoms with Gasteiger partial charge in [-0.05, 0) is 42.5 Å². The Bertz CT molecular complexity index is 521. The van der Waals surface area contributed by atoms with Crippen molar-refractivity contribution in [2.45, 2.75) is 25.2 Å². The van der Waals surface area contributed by atoms with Gasteiger partial charge in [-0.25, -0.2) is 0 Å². The number of anilines is 1. The van der Waals surface area contributed by atoms with Crippen molar-refractivity contribution in [3.63, 3.8) is 0 Å². The summed E-state index contributed by atoms with van der Waals surface area (Å²) in [6.07, 6.45) is 2.20. The number of rotatable bonds is 5. The number of hydrogen-bond acceptors (Lipinski definition) is 4. The summed E-state index contributed by atoms with van der Waals surface area (Å²) in [5.41, 5.74) is 1.83. The maximum Gasteiger partial charge on any atom is 0.303 e. The zero-order valence-electron chi connectivity index (χ0n) is 12.0. The Morgan fingerprint density at radius 2 is 2.05 bits per heavy atom. The van der Waals surface area contributed by atoms with Crippen LogP contribution >= 0.6 is 0 Å². The van der Waals surface area contributed by atoms with E-state index in [0.29, 0.717) is 19.1 Å². The zero-order valence-corrected chi connectivity index (χ0v) is 12.0. The summed E-state index contributed by atoms with van der Waals surface area (Å²) in [7, 11) is 0. The molecular formula is C16H21NO4. The van der Waals surface area contributed by atoms with E-state index < -0.39 is 5.97 Å². The van der Waals surface area contributed by atoms with Crippen molar-refractivity contribution < 1.29 is 19.7 Å². The van der Waals surface area contributed by atoms with Crippen LogP contribution in [0.4, 0.5) is 5.69 Å². The second kappa shape index (κ2) is 5.93. The van der Waals surface area contributed by atoms with Gasteiger partial charge in [0.1, 0.15) is 5.75 Å². The molecule has 2 N–H and O–H groups in total. The number of nitrogens with zero attached hydrogens (tertiary/aromatic N) is 1. The minimum atomic E-state index is -0.803. The van der Waals surface area contributed by atoms with E-state index in [1.807, 2.05) is 12.1 Å². The van der Waals surface area contributed by atoms with E-state index in [4.69, 9.17) is 9.84 Å². The molecule has 1 aliphatic heterocycles. The molecule has 1 unspecified atom stereocenters. The van der Waals surface area contributed by atoms with Crippen LogP contribution in [0, 0.1) is 5.92 Å². The van der Waals surface area contributed by atoms with Crippen molar-refractivity contribution in [1.29, 1.82) is 0 Å². The normalized spacial score (nSPS) is 20.3. The van der Waals surface area contributed by atoms with Crippen LogP contribution in [-0.2, 0) is 9.53 Å². The lowest BCUT2D eigenvalue weighted by molar-refractivity contribution is -0.137. The number of carboxylic acids is 1. The largest absolute Gasteiger partial charge is 0.508 e. The lowest BCUT2D eigenvalue weighted by Crippen LogP contribution is -2.36. The summed E-state index contributed by atoms with van der Waals surface area (Å²) in [6.45, 7) is 3.07. The molecule has 1 heterocycles. The van der Waals surface area contributed by atoms with Crippen LogP contribution in [-0.4, -0.2) is 42.5 Å². The molecule has 5 heteroatoms. The number of phenolic OH excluding ortho intramolecular Hbond substituents is 1. The van der Waals surface area contributed by atoms with Crippen molar-refractivity contribution in [3.05, 3.63) is 23.8 Å². The lowest BCUT2D eigenvalue weighted by atomic mass is 9.90. The Hall–Kier alpha value is -1.75. The fourth-order valence-corrected chi connectivity index (χ4v) is 3.07. The monoisotopic (exact) mass is 291 g/mol. The smallest absolute Gasteiger partial charge is 0.303 e. The molecule has 3 rings (SSSR count). The summed E-state index contributed by atoms with van der Waals surface area (Å²) in [5, 5.41) is 19.3. The van der Waals surface area contributed by atoms with Crippen LogP contribution in [0.15, 0.2) is 18.2 Å². The van der Waals surface area contributed by atoms with Crippen LogP contribution < -0.4 is 4.90 Å². The van der Waals surface area contributed by atoms with Crippen molar-refractivity contribution >= 4 is 11.7 Å².